The van der Waals surface area contributed by atoms with Gasteiger partial charge in [0.25, 0.3) is 0 Å². The molecule has 0 radical (unpaired) electrons. The highest BCUT2D eigenvalue weighted by Gasteiger charge is 2.49. The lowest BCUT2D eigenvalue weighted by Gasteiger charge is -2.37. The molecule has 7 heteroatoms. The number of nitrogens with zero attached hydrogens (tertiary/aromatic N) is 1. The van der Waals surface area contributed by atoms with Gasteiger partial charge in [0.15, 0.2) is 0 Å². The summed E-state index contributed by atoms with van der Waals surface area (Å²) < 4.78 is 5.51. The molecular weight excluding hydrogens is 478 g/mol. The van der Waals surface area contributed by atoms with Crippen molar-refractivity contribution in [2.24, 2.45) is 11.8 Å². The molecule has 212 valence electrons. The van der Waals surface area contributed by atoms with E-state index in [2.05, 4.69) is 24.5 Å². The van der Waals surface area contributed by atoms with Crippen LogP contribution in [-0.2, 0) is 20.7 Å². The second-order valence-electron chi connectivity index (χ2n) is 12.4. The zero-order valence-electron chi connectivity index (χ0n) is 24.5. The first kappa shape index (κ1) is 30.0. The van der Waals surface area contributed by atoms with Gasteiger partial charge in [0.1, 0.15) is 17.7 Å². The summed E-state index contributed by atoms with van der Waals surface area (Å²) in [4.78, 5) is 43.0. The number of amides is 3. The largest absolute Gasteiger partial charge is 0.444 e. The van der Waals surface area contributed by atoms with Crippen molar-refractivity contribution < 1.29 is 19.1 Å². The highest BCUT2D eigenvalue weighted by atomic mass is 16.6. The van der Waals surface area contributed by atoms with Gasteiger partial charge in [-0.15, -0.1) is 0 Å². The molecular formula is C31H49N3O4. The zero-order valence-corrected chi connectivity index (χ0v) is 24.5. The van der Waals surface area contributed by atoms with Crippen molar-refractivity contribution in [3.05, 3.63) is 35.4 Å². The number of ether oxygens (including phenoxy) is 1. The number of carbonyl (C=O) groups is 3. The lowest BCUT2D eigenvalue weighted by molar-refractivity contribution is -0.144. The van der Waals surface area contributed by atoms with E-state index in [-0.39, 0.29) is 35.7 Å². The average Bonchev–Trinajstić information content (AvgIpc) is 3.60. The fraction of sp³-hybridized carbons (Fsp3) is 0.710. The maximum atomic E-state index is 14.4. The number of aryl methyl sites for hydroxylation is 1. The summed E-state index contributed by atoms with van der Waals surface area (Å²) in [5.41, 5.74) is 1.31. The number of hydrogen-bond donors (Lipinski definition) is 2. The van der Waals surface area contributed by atoms with Crippen LogP contribution >= 0.6 is 0 Å². The van der Waals surface area contributed by atoms with Crippen molar-refractivity contribution in [1.82, 2.24) is 15.5 Å². The van der Waals surface area contributed by atoms with Crippen LogP contribution in [-0.4, -0.2) is 46.5 Å². The van der Waals surface area contributed by atoms with Crippen LogP contribution in [0.5, 0.6) is 0 Å². The Labute approximate surface area is 229 Å². The Balaban J connectivity index is 1.98. The minimum Gasteiger partial charge on any atom is -0.444 e. The van der Waals surface area contributed by atoms with Crippen LogP contribution in [0.1, 0.15) is 111 Å². The van der Waals surface area contributed by atoms with E-state index < -0.39 is 23.8 Å². The predicted octanol–water partition coefficient (Wildman–Crippen LogP) is 5.92. The Hall–Kier alpha value is -2.57. The zero-order chi connectivity index (χ0) is 28.0. The summed E-state index contributed by atoms with van der Waals surface area (Å²) >= 11 is 0. The quantitative estimate of drug-likeness (QED) is 0.396. The molecule has 2 aliphatic rings. The number of hydrogen-bond acceptors (Lipinski definition) is 4. The molecule has 0 aromatic heterocycles. The molecule has 3 amide bonds. The molecule has 0 saturated heterocycles. The molecule has 2 aliphatic carbocycles. The lowest BCUT2D eigenvalue weighted by Crippen LogP contribution is -2.56. The van der Waals surface area contributed by atoms with E-state index in [0.29, 0.717) is 6.42 Å². The first-order valence-electron chi connectivity index (χ1n) is 14.7. The number of rotatable bonds is 10. The predicted molar refractivity (Wildman–Crippen MR) is 151 cm³/mol. The van der Waals surface area contributed by atoms with Gasteiger partial charge in [-0.1, -0.05) is 77.6 Å². The van der Waals surface area contributed by atoms with Crippen molar-refractivity contribution in [2.45, 2.75) is 130 Å². The van der Waals surface area contributed by atoms with Crippen LogP contribution in [0.2, 0.25) is 0 Å². The lowest BCUT2D eigenvalue weighted by atomic mass is 9.93. The van der Waals surface area contributed by atoms with Crippen LogP contribution in [0.3, 0.4) is 0 Å². The molecule has 5 unspecified atom stereocenters. The van der Waals surface area contributed by atoms with Crippen LogP contribution in [0.15, 0.2) is 24.3 Å². The van der Waals surface area contributed by atoms with Gasteiger partial charge < -0.3 is 20.3 Å². The summed E-state index contributed by atoms with van der Waals surface area (Å²) in [6.45, 7) is 13.6. The minimum absolute atomic E-state index is 0.0533. The van der Waals surface area contributed by atoms with E-state index in [9.17, 15) is 14.4 Å². The first-order chi connectivity index (χ1) is 17.9. The summed E-state index contributed by atoms with van der Waals surface area (Å²) in [5.74, 6) is -0.189. The maximum Gasteiger partial charge on any atom is 0.408 e. The van der Waals surface area contributed by atoms with Crippen LogP contribution in [0.25, 0.3) is 0 Å². The molecule has 3 rings (SSSR count). The van der Waals surface area contributed by atoms with E-state index in [0.717, 1.165) is 44.1 Å². The fourth-order valence-electron chi connectivity index (χ4n) is 5.35. The molecule has 2 saturated carbocycles. The third kappa shape index (κ3) is 7.97. The van der Waals surface area contributed by atoms with Gasteiger partial charge in [-0.25, -0.2) is 4.79 Å². The summed E-state index contributed by atoms with van der Waals surface area (Å²) in [7, 11) is 0. The monoisotopic (exact) mass is 527 g/mol. The van der Waals surface area contributed by atoms with Gasteiger partial charge in [0, 0.05) is 12.1 Å². The third-order valence-corrected chi connectivity index (χ3v) is 8.01. The molecule has 1 aromatic carbocycles. The van der Waals surface area contributed by atoms with Crippen molar-refractivity contribution >= 4 is 17.9 Å². The van der Waals surface area contributed by atoms with Crippen molar-refractivity contribution in [3.8, 4) is 0 Å². The van der Waals surface area contributed by atoms with E-state index >= 15 is 0 Å². The van der Waals surface area contributed by atoms with Crippen molar-refractivity contribution in [1.29, 1.82) is 0 Å². The standard InChI is InChI=1S/C31H49N3O4/c1-8-20(3)26(33-30(37)38-31(5,6)7)29(36)34(25-19-21(25)4)27(23-17-15-22(9-2)16-18-23)28(35)32-24-13-11-10-12-14-24/h15-18,20-21,24-27H,8-14,19H2,1-7H3,(H,32,35)(H,33,37). The number of alkyl carbamates (subject to hydrolysis) is 1. The van der Waals surface area contributed by atoms with Gasteiger partial charge >= 0.3 is 6.09 Å². The van der Waals surface area contributed by atoms with Gasteiger partial charge in [-0.05, 0) is 69.4 Å². The highest BCUT2D eigenvalue weighted by Crippen LogP contribution is 2.41. The molecule has 2 fully saturated rings. The summed E-state index contributed by atoms with van der Waals surface area (Å²) in [6.07, 6.45) is 7.18. The van der Waals surface area contributed by atoms with Gasteiger partial charge in [-0.2, -0.15) is 0 Å². The molecule has 0 aliphatic heterocycles. The van der Waals surface area contributed by atoms with E-state index in [1.165, 1.54) is 12.0 Å². The Bertz CT molecular complexity index is 949. The minimum atomic E-state index is -0.789. The van der Waals surface area contributed by atoms with Crippen LogP contribution in [0, 0.1) is 11.8 Å². The van der Waals surface area contributed by atoms with Crippen molar-refractivity contribution in [2.75, 3.05) is 0 Å². The van der Waals surface area contributed by atoms with Crippen molar-refractivity contribution in [3.63, 3.8) is 0 Å². The number of carbonyl (C=O) groups excluding carboxylic acids is 3. The Morgan fingerprint density at radius 1 is 1.05 bits per heavy atom. The van der Waals surface area contributed by atoms with E-state index in [1.54, 1.807) is 25.7 Å². The Morgan fingerprint density at radius 2 is 1.66 bits per heavy atom. The molecule has 1 aromatic rings. The van der Waals surface area contributed by atoms with E-state index in [4.69, 9.17) is 4.74 Å². The molecule has 7 nitrogen and oxygen atoms in total. The van der Waals surface area contributed by atoms with Crippen LogP contribution < -0.4 is 10.6 Å². The normalized spacial score (nSPS) is 22.1. The molecule has 0 bridgehead atoms. The fourth-order valence-corrected chi connectivity index (χ4v) is 5.35. The first-order valence-corrected chi connectivity index (χ1v) is 14.7. The average molecular weight is 528 g/mol. The smallest absolute Gasteiger partial charge is 0.408 e. The van der Waals surface area contributed by atoms with Gasteiger partial charge in [0.2, 0.25) is 11.8 Å². The van der Waals surface area contributed by atoms with Gasteiger partial charge in [-0.3, -0.25) is 9.59 Å². The Morgan fingerprint density at radius 3 is 2.16 bits per heavy atom. The molecule has 0 heterocycles. The molecule has 0 spiro atoms. The second-order valence-corrected chi connectivity index (χ2v) is 12.4. The van der Waals surface area contributed by atoms with Gasteiger partial charge in [0.05, 0.1) is 0 Å². The summed E-state index contributed by atoms with van der Waals surface area (Å²) in [6, 6.07) is 6.59. The second kappa shape index (κ2) is 13.0. The van der Waals surface area contributed by atoms with E-state index in [1.807, 2.05) is 38.1 Å². The Kier molecular flexibility index (Phi) is 10.2. The third-order valence-electron chi connectivity index (χ3n) is 8.01. The molecule has 38 heavy (non-hydrogen) atoms. The molecule has 5 atom stereocenters. The topological polar surface area (TPSA) is 87.7 Å². The number of benzene rings is 1. The van der Waals surface area contributed by atoms with Crippen LogP contribution in [0.4, 0.5) is 4.79 Å². The summed E-state index contributed by atoms with van der Waals surface area (Å²) in [5, 5.41) is 6.15. The number of nitrogens with one attached hydrogen (secondary N) is 2. The SMILES string of the molecule is CCc1ccc(C(C(=O)NC2CCCCC2)N(C(=O)C(NC(=O)OC(C)(C)C)C(C)CC)C2CC2C)cc1. The highest BCUT2D eigenvalue weighted by molar-refractivity contribution is 5.93. The maximum absolute atomic E-state index is 14.4. The molecule has 2 N–H and O–H groups in total.